The van der Waals surface area contributed by atoms with Gasteiger partial charge in [-0.05, 0) is 69.4 Å². The van der Waals surface area contributed by atoms with Crippen LogP contribution in [0.2, 0.25) is 0 Å². The summed E-state index contributed by atoms with van der Waals surface area (Å²) in [6, 6.07) is 18.6. The minimum atomic E-state index is -0.361. The zero-order chi connectivity index (χ0) is 21.3. The van der Waals surface area contributed by atoms with E-state index in [0.29, 0.717) is 10.9 Å². The highest BCUT2D eigenvalue weighted by molar-refractivity contribution is 9.10. The summed E-state index contributed by atoms with van der Waals surface area (Å²) in [7, 11) is 0. The molecule has 3 aromatic rings. The van der Waals surface area contributed by atoms with Gasteiger partial charge in [0.25, 0.3) is 0 Å². The third kappa shape index (κ3) is 4.51. The Hall–Kier alpha value is -2.02. The fourth-order valence-electron chi connectivity index (χ4n) is 3.67. The lowest BCUT2D eigenvalue weighted by atomic mass is 9.93. The Morgan fingerprint density at radius 1 is 1.07 bits per heavy atom. The van der Waals surface area contributed by atoms with Crippen molar-refractivity contribution < 1.29 is 9.50 Å². The molecule has 3 nitrogen and oxygen atoms in total. The van der Waals surface area contributed by atoms with Crippen LogP contribution >= 0.6 is 31.9 Å². The van der Waals surface area contributed by atoms with Gasteiger partial charge in [-0.1, -0.05) is 53.2 Å². The van der Waals surface area contributed by atoms with Crippen molar-refractivity contribution >= 4 is 37.6 Å². The normalized spacial score (nSPS) is 18.9. The van der Waals surface area contributed by atoms with Crippen LogP contribution in [0, 0.1) is 5.82 Å². The first-order chi connectivity index (χ1) is 14.4. The molecule has 2 atom stereocenters. The number of phenols is 1. The first kappa shape index (κ1) is 21.2. The third-order valence-electron chi connectivity index (χ3n) is 5.36. The van der Waals surface area contributed by atoms with Crippen molar-refractivity contribution in [1.29, 1.82) is 0 Å². The van der Waals surface area contributed by atoms with Crippen LogP contribution in [0.3, 0.4) is 0 Å². The maximum atomic E-state index is 13.8. The van der Waals surface area contributed by atoms with Crippen LogP contribution in [-0.2, 0) is 6.42 Å². The van der Waals surface area contributed by atoms with E-state index < -0.39 is 0 Å². The first-order valence-electron chi connectivity index (χ1n) is 9.80. The Labute approximate surface area is 192 Å². The van der Waals surface area contributed by atoms with Gasteiger partial charge in [0.1, 0.15) is 17.7 Å². The summed E-state index contributed by atoms with van der Waals surface area (Å²) in [6.07, 6.45) is 1.25. The lowest BCUT2D eigenvalue weighted by Gasteiger charge is -2.31. The Morgan fingerprint density at radius 3 is 2.53 bits per heavy atom. The van der Waals surface area contributed by atoms with Gasteiger partial charge in [-0.3, -0.25) is 10.3 Å². The predicted octanol–water partition coefficient (Wildman–Crippen LogP) is 6.84. The van der Waals surface area contributed by atoms with Crippen molar-refractivity contribution in [2.45, 2.75) is 32.0 Å². The van der Waals surface area contributed by atoms with E-state index in [1.165, 1.54) is 11.6 Å². The van der Waals surface area contributed by atoms with Crippen LogP contribution in [0.1, 0.15) is 47.8 Å². The molecule has 154 valence electrons. The number of aliphatic imine (C=N–C) groups is 1. The highest BCUT2D eigenvalue weighted by Gasteiger charge is 2.28. The second kappa shape index (κ2) is 9.00. The first-order valence-corrected chi connectivity index (χ1v) is 11.4. The lowest BCUT2D eigenvalue weighted by Crippen LogP contribution is -2.33. The third-order valence-corrected chi connectivity index (χ3v) is 6.46. The molecule has 1 heterocycles. The molecule has 6 heteroatoms. The number of hydrogen-bond donors (Lipinski definition) is 2. The molecule has 0 unspecified atom stereocenters. The van der Waals surface area contributed by atoms with Gasteiger partial charge < -0.3 is 5.11 Å². The van der Waals surface area contributed by atoms with Crippen molar-refractivity contribution in [3.63, 3.8) is 0 Å². The minimum Gasteiger partial charge on any atom is -0.508 e. The Balaban J connectivity index is 1.77. The molecular formula is C24H21Br2FN2O. The summed E-state index contributed by atoms with van der Waals surface area (Å²) < 4.78 is 15.1. The SMILES string of the molecule is CCc1ccc(C2=N[C@H](c3ccc(F)c(Br)c3)N[C@@H](c3cc(Br)ccc3O)C2)cc1. The molecular weight excluding hydrogens is 511 g/mol. The van der Waals surface area contributed by atoms with E-state index in [-0.39, 0.29) is 23.8 Å². The Bertz CT molecular complexity index is 1100. The van der Waals surface area contributed by atoms with Crippen LogP contribution < -0.4 is 5.32 Å². The largest absolute Gasteiger partial charge is 0.508 e. The zero-order valence-corrected chi connectivity index (χ0v) is 19.5. The quantitative estimate of drug-likeness (QED) is 0.387. The molecule has 0 amide bonds. The van der Waals surface area contributed by atoms with E-state index in [4.69, 9.17) is 4.99 Å². The number of hydrogen-bond acceptors (Lipinski definition) is 3. The average molecular weight is 532 g/mol. The monoisotopic (exact) mass is 530 g/mol. The van der Waals surface area contributed by atoms with E-state index in [9.17, 15) is 9.50 Å². The molecule has 0 saturated carbocycles. The van der Waals surface area contributed by atoms with Gasteiger partial charge in [-0.2, -0.15) is 0 Å². The van der Waals surface area contributed by atoms with Crippen LogP contribution in [-0.4, -0.2) is 10.8 Å². The summed E-state index contributed by atoms with van der Waals surface area (Å²) >= 11 is 6.77. The number of nitrogens with zero attached hydrogens (tertiary/aromatic N) is 1. The lowest BCUT2D eigenvalue weighted by molar-refractivity contribution is 0.412. The molecule has 0 aromatic heterocycles. The van der Waals surface area contributed by atoms with Gasteiger partial charge in [-0.25, -0.2) is 4.39 Å². The van der Waals surface area contributed by atoms with E-state index >= 15 is 0 Å². The molecule has 1 aliphatic heterocycles. The van der Waals surface area contributed by atoms with E-state index in [1.54, 1.807) is 18.2 Å². The second-order valence-corrected chi connectivity index (χ2v) is 9.10. The fraction of sp³-hybridized carbons (Fsp3) is 0.208. The fourth-order valence-corrected chi connectivity index (χ4v) is 4.45. The topological polar surface area (TPSA) is 44.6 Å². The van der Waals surface area contributed by atoms with Crippen LogP contribution in [0.4, 0.5) is 4.39 Å². The number of nitrogens with one attached hydrogen (secondary N) is 1. The van der Waals surface area contributed by atoms with Crippen molar-refractivity contribution in [2.24, 2.45) is 4.99 Å². The number of aryl methyl sites for hydroxylation is 1. The molecule has 0 aliphatic carbocycles. The molecule has 0 spiro atoms. The van der Waals surface area contributed by atoms with Crippen LogP contribution in [0.15, 0.2) is 74.6 Å². The summed E-state index contributed by atoms with van der Waals surface area (Å²) in [6.45, 7) is 2.13. The summed E-state index contributed by atoms with van der Waals surface area (Å²) in [4.78, 5) is 4.95. The van der Waals surface area contributed by atoms with Gasteiger partial charge in [0.2, 0.25) is 0 Å². The number of benzene rings is 3. The summed E-state index contributed by atoms with van der Waals surface area (Å²) in [5.41, 5.74) is 4.93. The molecule has 4 rings (SSSR count). The standard InChI is InChI=1S/C24H21Br2FN2O/c1-2-14-3-5-15(6-4-14)21-13-22(18-12-17(25)8-10-23(18)30)29-24(28-21)16-7-9-20(27)19(26)11-16/h3-12,22,24,29-30H,2,13H2,1H3/t22-,24+/m1/s1. The van der Waals surface area contributed by atoms with E-state index in [2.05, 4.69) is 68.4 Å². The Kier molecular flexibility index (Phi) is 6.37. The van der Waals surface area contributed by atoms with Crippen molar-refractivity contribution in [1.82, 2.24) is 5.32 Å². The highest BCUT2D eigenvalue weighted by Crippen LogP contribution is 2.36. The van der Waals surface area contributed by atoms with Crippen LogP contribution in [0.25, 0.3) is 0 Å². The predicted molar refractivity (Wildman–Crippen MR) is 125 cm³/mol. The summed E-state index contributed by atoms with van der Waals surface area (Å²) in [5, 5.41) is 14.0. The molecule has 30 heavy (non-hydrogen) atoms. The van der Waals surface area contributed by atoms with Gasteiger partial charge in [0.05, 0.1) is 4.47 Å². The van der Waals surface area contributed by atoms with Crippen LogP contribution in [0.5, 0.6) is 5.75 Å². The van der Waals surface area contributed by atoms with Crippen molar-refractivity contribution in [3.8, 4) is 5.75 Å². The minimum absolute atomic E-state index is 0.144. The van der Waals surface area contributed by atoms with Gasteiger partial charge in [0, 0.05) is 28.2 Å². The average Bonchev–Trinajstić information content (AvgIpc) is 2.77. The number of aromatic hydroxyl groups is 1. The molecule has 0 bridgehead atoms. The van der Waals surface area contributed by atoms with Gasteiger partial charge in [-0.15, -0.1) is 0 Å². The van der Waals surface area contributed by atoms with Crippen molar-refractivity contribution in [3.05, 3.63) is 97.7 Å². The van der Waals surface area contributed by atoms with Gasteiger partial charge in [0.15, 0.2) is 0 Å². The summed E-state index contributed by atoms with van der Waals surface area (Å²) in [5.74, 6) is -0.0765. The molecule has 0 saturated heterocycles. The molecule has 3 aromatic carbocycles. The second-order valence-electron chi connectivity index (χ2n) is 7.33. The van der Waals surface area contributed by atoms with Gasteiger partial charge >= 0.3 is 0 Å². The molecule has 1 aliphatic rings. The molecule has 0 radical (unpaired) electrons. The highest BCUT2D eigenvalue weighted by atomic mass is 79.9. The molecule has 2 N–H and O–H groups in total. The number of halogens is 3. The maximum Gasteiger partial charge on any atom is 0.137 e. The molecule has 0 fully saturated rings. The Morgan fingerprint density at radius 2 is 1.83 bits per heavy atom. The number of rotatable bonds is 4. The van der Waals surface area contributed by atoms with E-state index in [1.807, 2.05) is 12.1 Å². The number of phenolic OH excluding ortho intramolecular Hbond substituents is 1. The zero-order valence-electron chi connectivity index (χ0n) is 16.4. The maximum absolute atomic E-state index is 13.8. The smallest absolute Gasteiger partial charge is 0.137 e. The van der Waals surface area contributed by atoms with E-state index in [0.717, 1.165) is 33.3 Å². The van der Waals surface area contributed by atoms with Crippen molar-refractivity contribution in [2.75, 3.05) is 0 Å².